The third-order valence-corrected chi connectivity index (χ3v) is 7.84. The van der Waals surface area contributed by atoms with Gasteiger partial charge in [0.05, 0.1) is 6.07 Å². The molecule has 4 aliphatic rings. The first kappa shape index (κ1) is 25.4. The van der Waals surface area contributed by atoms with E-state index in [1.807, 2.05) is 12.2 Å². The van der Waals surface area contributed by atoms with Crippen LogP contribution in [0.2, 0.25) is 0 Å². The van der Waals surface area contributed by atoms with Crippen molar-refractivity contribution < 1.29 is 9.53 Å². The van der Waals surface area contributed by atoms with Crippen LogP contribution in [0.15, 0.2) is 54.1 Å². The van der Waals surface area contributed by atoms with Crippen molar-refractivity contribution >= 4 is 11.5 Å². The topological polar surface area (TPSA) is 92.7 Å². The van der Waals surface area contributed by atoms with Crippen LogP contribution in [0.1, 0.15) is 57.6 Å². The lowest BCUT2D eigenvalue weighted by atomic mass is 9.83. The quantitative estimate of drug-likeness (QED) is 0.397. The highest BCUT2D eigenvalue weighted by Gasteiger charge is 2.57. The van der Waals surface area contributed by atoms with E-state index in [2.05, 4.69) is 73.3 Å². The van der Waals surface area contributed by atoms with Gasteiger partial charge in [-0.1, -0.05) is 45.0 Å². The van der Waals surface area contributed by atoms with Gasteiger partial charge in [-0.05, 0) is 60.3 Å². The van der Waals surface area contributed by atoms with Gasteiger partial charge in [0.1, 0.15) is 17.3 Å². The predicted octanol–water partition coefficient (Wildman–Crippen LogP) is 4.02. The summed E-state index contributed by atoms with van der Waals surface area (Å²) in [7, 11) is 0. The van der Waals surface area contributed by atoms with Crippen LogP contribution in [0.25, 0.3) is 5.57 Å². The molecule has 5 rings (SSSR count). The van der Waals surface area contributed by atoms with Crippen molar-refractivity contribution in [3.63, 3.8) is 0 Å². The molecule has 196 valence electrons. The van der Waals surface area contributed by atoms with Crippen molar-refractivity contribution in [2.45, 2.75) is 65.2 Å². The van der Waals surface area contributed by atoms with E-state index in [1.54, 1.807) is 4.90 Å². The molecule has 1 amide bonds. The number of dihydropyridines is 1. The largest absolute Gasteiger partial charge is 0.390 e. The van der Waals surface area contributed by atoms with E-state index in [-0.39, 0.29) is 24.2 Å². The van der Waals surface area contributed by atoms with Crippen LogP contribution in [0.5, 0.6) is 0 Å². The molecule has 1 aromatic rings. The van der Waals surface area contributed by atoms with E-state index >= 15 is 0 Å². The van der Waals surface area contributed by atoms with Crippen LogP contribution < -0.4 is 16.0 Å². The summed E-state index contributed by atoms with van der Waals surface area (Å²) >= 11 is 0. The highest BCUT2D eigenvalue weighted by molar-refractivity contribution is 5.90. The molecular formula is C30H39N5O2. The number of ether oxygens (including phenoxy) is 1. The van der Waals surface area contributed by atoms with Gasteiger partial charge in [-0.3, -0.25) is 4.79 Å². The van der Waals surface area contributed by atoms with Gasteiger partial charge in [-0.25, -0.2) is 0 Å². The number of amides is 1. The Bertz CT molecular complexity index is 1160. The normalized spacial score (nSPS) is 27.4. The molecule has 3 fully saturated rings. The van der Waals surface area contributed by atoms with Crippen LogP contribution in [0, 0.1) is 28.6 Å². The van der Waals surface area contributed by atoms with Gasteiger partial charge >= 0.3 is 0 Å². The van der Waals surface area contributed by atoms with E-state index in [1.165, 1.54) is 16.7 Å². The number of nitrogens with one attached hydrogen (secondary N) is 3. The van der Waals surface area contributed by atoms with E-state index in [9.17, 15) is 10.1 Å². The summed E-state index contributed by atoms with van der Waals surface area (Å²) in [4.78, 5) is 15.0. The molecular weight excluding hydrogens is 462 g/mol. The maximum absolute atomic E-state index is 13.2. The van der Waals surface area contributed by atoms with Gasteiger partial charge in [0.25, 0.3) is 0 Å². The maximum Gasteiger partial charge on any atom is 0.247 e. The Hall–Kier alpha value is -3.24. The molecule has 1 aromatic carbocycles. The lowest BCUT2D eigenvalue weighted by molar-refractivity contribution is -0.132. The molecule has 3 unspecified atom stereocenters. The number of nitriles is 1. The van der Waals surface area contributed by atoms with E-state index in [4.69, 9.17) is 4.74 Å². The fourth-order valence-corrected chi connectivity index (χ4v) is 5.45. The summed E-state index contributed by atoms with van der Waals surface area (Å²) < 4.78 is 5.95. The molecule has 0 radical (unpaired) electrons. The number of allylic oxidation sites excluding steroid dienone is 2. The molecule has 2 saturated heterocycles. The minimum Gasteiger partial charge on any atom is -0.390 e. The van der Waals surface area contributed by atoms with Crippen LogP contribution in [-0.4, -0.2) is 42.8 Å². The van der Waals surface area contributed by atoms with Crippen LogP contribution in [0.3, 0.4) is 0 Å². The Kier molecular flexibility index (Phi) is 7.30. The first-order chi connectivity index (χ1) is 17.9. The molecule has 3 atom stereocenters. The average Bonchev–Trinajstić information content (AvgIpc) is 3.83. The zero-order valence-electron chi connectivity index (χ0n) is 22.2. The van der Waals surface area contributed by atoms with Gasteiger partial charge in [0, 0.05) is 44.0 Å². The first-order valence-electron chi connectivity index (χ1n) is 13.8. The third-order valence-electron chi connectivity index (χ3n) is 7.84. The first-order valence-corrected chi connectivity index (χ1v) is 13.8. The Morgan fingerprint density at radius 1 is 1.38 bits per heavy atom. The zero-order valence-corrected chi connectivity index (χ0v) is 22.2. The van der Waals surface area contributed by atoms with E-state index in [0.29, 0.717) is 25.4 Å². The van der Waals surface area contributed by atoms with Gasteiger partial charge in [-0.15, -0.1) is 0 Å². The van der Waals surface area contributed by atoms with Crippen molar-refractivity contribution in [3.8, 4) is 6.07 Å². The second-order valence-electron chi connectivity index (χ2n) is 11.1. The third kappa shape index (κ3) is 5.55. The molecule has 7 nitrogen and oxygen atoms in total. The van der Waals surface area contributed by atoms with Crippen molar-refractivity contribution in [1.29, 1.82) is 5.26 Å². The highest BCUT2D eigenvalue weighted by atomic mass is 16.6. The molecule has 3 heterocycles. The molecule has 1 saturated carbocycles. The van der Waals surface area contributed by atoms with Crippen molar-refractivity contribution in [1.82, 2.24) is 20.9 Å². The minimum absolute atomic E-state index is 0.0263. The van der Waals surface area contributed by atoms with E-state index < -0.39 is 5.41 Å². The SMILES string of the molecule is CC/C(=C\NCC(C)C)c1cccc(CC2OC2NC2=CC(N3CCC(C#N)(C4CC4)C3=O)=CCN2)c1. The van der Waals surface area contributed by atoms with Crippen molar-refractivity contribution in [3.05, 3.63) is 65.3 Å². The Morgan fingerprint density at radius 2 is 2.22 bits per heavy atom. The lowest BCUT2D eigenvalue weighted by Crippen LogP contribution is -2.38. The molecule has 0 spiro atoms. The van der Waals surface area contributed by atoms with Gasteiger partial charge in [-0.2, -0.15) is 5.26 Å². The Labute approximate surface area is 220 Å². The predicted molar refractivity (Wildman–Crippen MR) is 144 cm³/mol. The van der Waals surface area contributed by atoms with E-state index in [0.717, 1.165) is 43.7 Å². The fourth-order valence-electron chi connectivity index (χ4n) is 5.45. The number of hydrogen-bond donors (Lipinski definition) is 3. The zero-order chi connectivity index (χ0) is 26.0. The van der Waals surface area contributed by atoms with Gasteiger partial charge in [0.2, 0.25) is 5.91 Å². The number of hydrogen-bond acceptors (Lipinski definition) is 6. The van der Waals surface area contributed by atoms with Crippen molar-refractivity contribution in [2.24, 2.45) is 17.3 Å². The molecule has 0 bridgehead atoms. The molecule has 37 heavy (non-hydrogen) atoms. The summed E-state index contributed by atoms with van der Waals surface area (Å²) in [6, 6.07) is 11.1. The monoisotopic (exact) mass is 501 g/mol. The number of carbonyl (C=O) groups excluding carboxylic acids is 1. The van der Waals surface area contributed by atoms with Crippen molar-refractivity contribution in [2.75, 3.05) is 19.6 Å². The Balaban J connectivity index is 1.17. The summed E-state index contributed by atoms with van der Waals surface area (Å²) in [6.07, 6.45) is 10.6. The van der Waals surface area contributed by atoms with Crippen LogP contribution >= 0.6 is 0 Å². The highest BCUT2D eigenvalue weighted by Crippen LogP contribution is 2.52. The summed E-state index contributed by atoms with van der Waals surface area (Å²) in [6.45, 7) is 8.83. The molecule has 3 N–H and O–H groups in total. The summed E-state index contributed by atoms with van der Waals surface area (Å²) in [5, 5.41) is 20.0. The van der Waals surface area contributed by atoms with Crippen LogP contribution in [-0.2, 0) is 16.0 Å². The van der Waals surface area contributed by atoms with Gasteiger partial charge < -0.3 is 25.6 Å². The number of epoxide rings is 1. The average molecular weight is 502 g/mol. The molecule has 0 aromatic heterocycles. The summed E-state index contributed by atoms with van der Waals surface area (Å²) in [5.74, 6) is 1.68. The second kappa shape index (κ2) is 10.6. The minimum atomic E-state index is -0.816. The lowest BCUT2D eigenvalue weighted by Gasteiger charge is -2.25. The number of benzene rings is 1. The number of likely N-dealkylation sites (tertiary alicyclic amines) is 1. The van der Waals surface area contributed by atoms with Gasteiger partial charge in [0.15, 0.2) is 6.23 Å². The summed E-state index contributed by atoms with van der Waals surface area (Å²) in [5.41, 5.74) is 3.88. The maximum atomic E-state index is 13.2. The number of rotatable bonds is 11. The Morgan fingerprint density at radius 3 is 2.95 bits per heavy atom. The molecule has 1 aliphatic carbocycles. The smallest absolute Gasteiger partial charge is 0.247 e. The second-order valence-corrected chi connectivity index (χ2v) is 11.1. The standard InChI is InChI=1S/C30H39N5O2/c1-4-22(18-32-17-20(2)3)23-7-5-6-21(14-23)15-26-28(37-26)34-27-16-25(10-12-33-27)35-13-11-30(19-31,29(35)36)24-8-9-24/h5-7,10,14,16,18,20,24,26,28,32-34H,4,8-9,11-13,15,17H2,1-3H3/b22-18+. The fraction of sp³-hybridized carbons (Fsp3) is 0.533. The van der Waals surface area contributed by atoms with Crippen LogP contribution in [0.4, 0.5) is 0 Å². The number of nitrogens with zero attached hydrogens (tertiary/aromatic N) is 2. The number of carbonyl (C=O) groups is 1. The molecule has 7 heteroatoms. The molecule has 3 aliphatic heterocycles.